The van der Waals surface area contributed by atoms with Crippen molar-refractivity contribution in [3.8, 4) is 100 Å². The molecule has 0 amide bonds. The van der Waals surface area contributed by atoms with Crippen LogP contribution in [0.4, 0.5) is 34.1 Å². The molecule has 0 fully saturated rings. The summed E-state index contributed by atoms with van der Waals surface area (Å²) < 4.78 is 0. The minimum absolute atomic E-state index is 1.06. The van der Waals surface area contributed by atoms with E-state index in [1.807, 2.05) is 0 Å². The average Bonchev–Trinajstić information content (AvgIpc) is 0.769. The smallest absolute Gasteiger partial charge is 0.0540 e. The molecule has 0 unspecified atom stereocenters. The third kappa shape index (κ3) is 12.2. The van der Waals surface area contributed by atoms with Gasteiger partial charge in [-0.25, -0.2) is 0 Å². The van der Waals surface area contributed by atoms with Crippen molar-refractivity contribution in [2.75, 3.05) is 9.80 Å². The normalized spacial score (nSPS) is 11.4. The van der Waals surface area contributed by atoms with E-state index in [1.165, 1.54) is 98.4 Å². The van der Waals surface area contributed by atoms with Crippen molar-refractivity contribution in [2.45, 2.75) is 0 Å². The van der Waals surface area contributed by atoms with Crippen molar-refractivity contribution < 1.29 is 0 Å². The van der Waals surface area contributed by atoms with Gasteiger partial charge in [0.05, 0.1) is 5.69 Å². The summed E-state index contributed by atoms with van der Waals surface area (Å²) in [6.07, 6.45) is 0. The van der Waals surface area contributed by atoms with Crippen LogP contribution in [0.5, 0.6) is 0 Å². The van der Waals surface area contributed by atoms with Gasteiger partial charge < -0.3 is 9.80 Å². The second-order valence-corrected chi connectivity index (χ2v) is 27.6. The van der Waals surface area contributed by atoms with Gasteiger partial charge in [-0.2, -0.15) is 0 Å². The molecular weight excluding hydrogens is 1280 g/mol. The molecule has 0 bridgehead atoms. The minimum atomic E-state index is 1.06. The molecule has 0 heterocycles. The number of fused-ring (bicyclic) bond motifs is 5. The van der Waals surface area contributed by atoms with Crippen LogP contribution in [-0.2, 0) is 0 Å². The Morgan fingerprint density at radius 1 is 0.123 bits per heavy atom. The monoisotopic (exact) mass is 1350 g/mol. The van der Waals surface area contributed by atoms with Crippen molar-refractivity contribution >= 4 is 88.0 Å². The molecule has 0 aliphatic rings. The molecular formula is C104H70N2. The summed E-state index contributed by atoms with van der Waals surface area (Å²) in [4.78, 5) is 4.85. The zero-order chi connectivity index (χ0) is 70.3. The first-order valence-corrected chi connectivity index (χ1v) is 36.5. The molecule has 0 radical (unpaired) electrons. The quantitative estimate of drug-likeness (QED) is 0.101. The molecule has 2 nitrogen and oxygen atoms in total. The highest BCUT2D eigenvalue weighted by Gasteiger charge is 2.22. The van der Waals surface area contributed by atoms with E-state index >= 15 is 0 Å². The number of hydrogen-bond donors (Lipinski definition) is 0. The molecule has 0 atom stereocenters. The Balaban J connectivity index is 0.661. The van der Waals surface area contributed by atoms with Gasteiger partial charge >= 0.3 is 0 Å². The van der Waals surface area contributed by atoms with Crippen LogP contribution >= 0.6 is 0 Å². The second kappa shape index (κ2) is 27.5. The lowest BCUT2D eigenvalue weighted by molar-refractivity contribution is 1.28. The largest absolute Gasteiger partial charge is 0.310 e. The van der Waals surface area contributed by atoms with Crippen LogP contribution in [0.3, 0.4) is 0 Å². The first kappa shape index (κ1) is 63.0. The van der Waals surface area contributed by atoms with E-state index in [2.05, 4.69) is 434 Å². The number of nitrogens with zero attached hydrogens (tertiary/aromatic N) is 2. The third-order valence-corrected chi connectivity index (χ3v) is 21.2. The van der Waals surface area contributed by atoms with E-state index < -0.39 is 0 Å². The molecule has 0 aliphatic carbocycles. The Hall–Kier alpha value is -13.9. The zero-order valence-corrected chi connectivity index (χ0v) is 58.3. The van der Waals surface area contributed by atoms with Crippen LogP contribution in [0.15, 0.2) is 425 Å². The van der Waals surface area contributed by atoms with Crippen molar-refractivity contribution in [1.82, 2.24) is 0 Å². The molecule has 0 aliphatic heterocycles. The first-order chi connectivity index (χ1) is 52.5. The molecule has 19 aromatic rings. The summed E-state index contributed by atoms with van der Waals surface area (Å²) in [6.45, 7) is 0. The highest BCUT2D eigenvalue weighted by molar-refractivity contribution is 6.02. The van der Waals surface area contributed by atoms with Crippen molar-refractivity contribution in [3.05, 3.63) is 425 Å². The Morgan fingerprint density at radius 2 is 0.425 bits per heavy atom. The van der Waals surface area contributed by atoms with E-state index in [9.17, 15) is 0 Å². The summed E-state index contributed by atoms with van der Waals surface area (Å²) in [5, 5.41) is 12.2. The Labute approximate surface area is 618 Å². The minimum Gasteiger partial charge on any atom is -0.310 e. The number of benzene rings is 19. The number of anilines is 6. The maximum Gasteiger partial charge on any atom is 0.0540 e. The summed E-state index contributed by atoms with van der Waals surface area (Å²) in [5.41, 5.74) is 27.5. The molecule has 19 aromatic carbocycles. The summed E-state index contributed by atoms with van der Waals surface area (Å²) in [7, 11) is 0. The lowest BCUT2D eigenvalue weighted by Gasteiger charge is -2.29. The second-order valence-electron chi connectivity index (χ2n) is 27.6. The fraction of sp³-hybridized carbons (Fsp3) is 0. The van der Waals surface area contributed by atoms with Gasteiger partial charge in [-0.1, -0.05) is 322 Å². The van der Waals surface area contributed by atoms with E-state index in [1.54, 1.807) is 0 Å². The molecule has 0 saturated carbocycles. The molecule has 0 spiro atoms. The molecule has 0 saturated heterocycles. The van der Waals surface area contributed by atoms with Gasteiger partial charge in [-0.15, -0.1) is 0 Å². The van der Waals surface area contributed by atoms with Crippen molar-refractivity contribution in [1.29, 1.82) is 0 Å². The molecule has 106 heavy (non-hydrogen) atoms. The van der Waals surface area contributed by atoms with Gasteiger partial charge in [0, 0.05) is 34.0 Å². The predicted octanol–water partition coefficient (Wildman–Crippen LogP) is 29.4. The molecule has 0 N–H and O–H groups in total. The highest BCUT2D eigenvalue weighted by atomic mass is 15.1. The maximum atomic E-state index is 2.45. The van der Waals surface area contributed by atoms with E-state index in [-0.39, 0.29) is 0 Å². The van der Waals surface area contributed by atoms with Crippen LogP contribution in [0, 0.1) is 0 Å². The van der Waals surface area contributed by atoms with Gasteiger partial charge in [0.2, 0.25) is 0 Å². The van der Waals surface area contributed by atoms with E-state index in [4.69, 9.17) is 0 Å². The number of hydrogen-bond acceptors (Lipinski definition) is 2. The van der Waals surface area contributed by atoms with Gasteiger partial charge in [0.1, 0.15) is 0 Å². The SMILES string of the molecule is c1ccc(-c2cc(-c3ccc4ccc(-c5cccc(-c6ccc(N(c7cccc(-c8cccc9ccccc89)c7)c7cccc(-c8cccc9ccccc89)c7)cc6)c5)cc4c3)ccc2N(c2ccc(-c3cccc(-c4ccc5ccccc5c4)c3)cc2)c2cccc(-c3cccc4ccccc34)c2)cc1. The van der Waals surface area contributed by atoms with E-state index in [0.717, 1.165) is 89.8 Å². The van der Waals surface area contributed by atoms with Gasteiger partial charge in [0.15, 0.2) is 0 Å². The lowest BCUT2D eigenvalue weighted by Crippen LogP contribution is -2.11. The summed E-state index contributed by atoms with van der Waals surface area (Å²) in [6, 6.07) is 156. The van der Waals surface area contributed by atoms with Crippen LogP contribution in [0.25, 0.3) is 154 Å². The fourth-order valence-electron chi connectivity index (χ4n) is 15.8. The van der Waals surface area contributed by atoms with Gasteiger partial charge in [-0.3, -0.25) is 0 Å². The Bertz CT molecular complexity index is 6390. The average molecular weight is 1350 g/mol. The zero-order valence-electron chi connectivity index (χ0n) is 58.3. The summed E-state index contributed by atoms with van der Waals surface area (Å²) in [5.74, 6) is 0. The van der Waals surface area contributed by atoms with E-state index in [0.29, 0.717) is 0 Å². The summed E-state index contributed by atoms with van der Waals surface area (Å²) >= 11 is 0. The molecule has 0 aromatic heterocycles. The standard InChI is InChI=1S/C104H70N2/c1-2-21-78(22-3-1)103-70-87(56-61-104(103)106(96-39-16-36-90(69-96)102-45-19-29-77-25-8-11-42-99(77)102)93-59-54-73(55-60-93)80-30-12-32-82(62-80)84-49-46-71-20-4-5-26-79(71)64-84)86-51-48-74-47-50-85(65-91(74)66-86)83-33-13-31-81(63-83)72-52-57-92(58-53-72)105(94-37-14-34-88(67-94)100-43-17-27-75-23-6-9-40-97(75)100)95-38-15-35-89(68-95)101-44-18-28-76-24-7-10-41-98(76)101/h1-70H. The van der Waals surface area contributed by atoms with Gasteiger partial charge in [-0.05, 0) is 252 Å². The van der Waals surface area contributed by atoms with Crippen LogP contribution in [-0.4, -0.2) is 0 Å². The maximum absolute atomic E-state index is 2.45. The molecule has 2 heteroatoms. The van der Waals surface area contributed by atoms with Crippen LogP contribution in [0.1, 0.15) is 0 Å². The van der Waals surface area contributed by atoms with Gasteiger partial charge in [0.25, 0.3) is 0 Å². The Morgan fingerprint density at radius 3 is 0.896 bits per heavy atom. The molecule has 496 valence electrons. The van der Waals surface area contributed by atoms with Crippen LogP contribution in [0.2, 0.25) is 0 Å². The first-order valence-electron chi connectivity index (χ1n) is 36.5. The third-order valence-electron chi connectivity index (χ3n) is 21.2. The topological polar surface area (TPSA) is 6.48 Å². The highest BCUT2D eigenvalue weighted by Crippen LogP contribution is 2.47. The fourth-order valence-corrected chi connectivity index (χ4v) is 15.8. The number of rotatable bonds is 15. The predicted molar refractivity (Wildman–Crippen MR) is 452 cm³/mol. The van der Waals surface area contributed by atoms with Crippen molar-refractivity contribution in [3.63, 3.8) is 0 Å². The van der Waals surface area contributed by atoms with Crippen LogP contribution < -0.4 is 9.80 Å². The molecule has 19 rings (SSSR count). The van der Waals surface area contributed by atoms with Crippen molar-refractivity contribution in [2.24, 2.45) is 0 Å². The lowest BCUT2D eigenvalue weighted by atomic mass is 9.93. The Kier molecular flexibility index (Phi) is 16.3.